The molecule has 0 spiro atoms. The molecule has 0 saturated heterocycles. The second-order valence-electron chi connectivity index (χ2n) is 3.55. The number of hydrogen-bond donors (Lipinski definition) is 0. The molecule has 0 aliphatic rings. The monoisotopic (exact) mass is 235 g/mol. The van der Waals surface area contributed by atoms with Gasteiger partial charge < -0.3 is 0 Å². The fourth-order valence-electron chi connectivity index (χ4n) is 1.32. The molecule has 0 aromatic heterocycles. The van der Waals surface area contributed by atoms with Gasteiger partial charge in [-0.1, -0.05) is 23.8 Å². The van der Waals surface area contributed by atoms with E-state index in [1.165, 1.54) is 16.7 Å². The van der Waals surface area contributed by atoms with Gasteiger partial charge in [-0.05, 0) is 25.0 Å². The van der Waals surface area contributed by atoms with Crippen molar-refractivity contribution in [2.75, 3.05) is 6.66 Å². The Kier molecular flexibility index (Phi) is 3.63. The second-order valence-corrected chi connectivity index (χ2v) is 10.8. The first kappa shape index (κ1) is 11.3. The Labute approximate surface area is 90.2 Å². The van der Waals surface area contributed by atoms with Crippen molar-refractivity contribution in [1.29, 1.82) is 0 Å². The molecule has 1 aromatic carbocycles. The minimum Gasteiger partial charge on any atom is -0.0589 e. The Balaban J connectivity index is 2.90. The molecule has 0 atom stereocenters. The van der Waals surface area contributed by atoms with Crippen LogP contribution >= 0.6 is 28.4 Å². The largest absolute Gasteiger partial charge is 0.213 e. The quantitative estimate of drug-likeness (QED) is 0.649. The number of aryl methyl sites for hydroxylation is 2. The smallest absolute Gasteiger partial charge is 0.0589 e. The summed E-state index contributed by atoms with van der Waals surface area (Å²) >= 11 is 12.1. The number of benzene rings is 1. The van der Waals surface area contributed by atoms with Gasteiger partial charge in [0.15, 0.2) is 0 Å². The van der Waals surface area contributed by atoms with Crippen LogP contribution in [0.15, 0.2) is 18.2 Å². The minimum atomic E-state index is -1.74. The molecule has 0 unspecified atom stereocenters. The Morgan fingerprint density at radius 1 is 1.23 bits per heavy atom. The van der Waals surface area contributed by atoms with E-state index in [-0.39, 0.29) is 0 Å². The standard InChI is InChI=1S/C10H14Cl2P/c1-8-4-5-10(9(2)6-8)7-13(3,11)12/h4-6H,7H2,1-3H3/q+1. The molecule has 0 nitrogen and oxygen atoms in total. The van der Waals surface area contributed by atoms with Crippen LogP contribution < -0.4 is 0 Å². The summed E-state index contributed by atoms with van der Waals surface area (Å²) in [6.07, 6.45) is 0.808. The molecule has 0 heterocycles. The van der Waals surface area contributed by atoms with Crippen LogP contribution in [0.4, 0.5) is 0 Å². The third kappa shape index (κ3) is 3.85. The van der Waals surface area contributed by atoms with Gasteiger partial charge >= 0.3 is 0 Å². The molecular formula is C10H14Cl2P+. The summed E-state index contributed by atoms with van der Waals surface area (Å²) in [7, 11) is 0. The van der Waals surface area contributed by atoms with Crippen molar-refractivity contribution >= 4 is 28.4 Å². The van der Waals surface area contributed by atoms with Crippen LogP contribution in [0.3, 0.4) is 0 Å². The first-order chi connectivity index (χ1) is 5.88. The predicted octanol–water partition coefficient (Wildman–Crippen LogP) is 4.76. The van der Waals surface area contributed by atoms with Gasteiger partial charge in [0.2, 0.25) is 5.97 Å². The maximum Gasteiger partial charge on any atom is 0.213 e. The van der Waals surface area contributed by atoms with Crippen LogP contribution in [0, 0.1) is 13.8 Å². The topological polar surface area (TPSA) is 0 Å². The van der Waals surface area contributed by atoms with Gasteiger partial charge in [0.1, 0.15) is 28.6 Å². The van der Waals surface area contributed by atoms with Crippen LogP contribution in [-0.4, -0.2) is 6.66 Å². The van der Waals surface area contributed by atoms with E-state index >= 15 is 0 Å². The maximum atomic E-state index is 6.06. The van der Waals surface area contributed by atoms with Crippen molar-refractivity contribution < 1.29 is 0 Å². The highest BCUT2D eigenvalue weighted by Gasteiger charge is 2.28. The van der Waals surface area contributed by atoms with Gasteiger partial charge in [0.25, 0.3) is 0 Å². The van der Waals surface area contributed by atoms with Crippen molar-refractivity contribution in [1.82, 2.24) is 0 Å². The van der Waals surface area contributed by atoms with E-state index in [0.29, 0.717) is 0 Å². The Hall–Kier alpha value is 0.230. The molecule has 0 saturated carbocycles. The van der Waals surface area contributed by atoms with Crippen molar-refractivity contribution in [3.05, 3.63) is 34.9 Å². The molecule has 13 heavy (non-hydrogen) atoms. The van der Waals surface area contributed by atoms with Crippen LogP contribution in [0.5, 0.6) is 0 Å². The van der Waals surface area contributed by atoms with Crippen LogP contribution in [-0.2, 0) is 6.16 Å². The molecule has 72 valence electrons. The third-order valence-corrected chi connectivity index (χ3v) is 3.56. The predicted molar refractivity (Wildman–Crippen MR) is 64.2 cm³/mol. The van der Waals surface area contributed by atoms with Crippen LogP contribution in [0.1, 0.15) is 16.7 Å². The molecule has 0 N–H and O–H groups in total. The summed E-state index contributed by atoms with van der Waals surface area (Å²) in [6.45, 7) is 6.12. The zero-order valence-electron chi connectivity index (χ0n) is 8.14. The molecule has 1 rings (SSSR count). The average Bonchev–Trinajstić information content (AvgIpc) is 1.93. The second kappa shape index (κ2) is 4.17. The number of halogens is 2. The fraction of sp³-hybridized carbons (Fsp3) is 0.400. The molecule has 0 radical (unpaired) electrons. The Morgan fingerprint density at radius 3 is 2.31 bits per heavy atom. The molecule has 0 amide bonds. The van der Waals surface area contributed by atoms with E-state index in [1.54, 1.807) is 0 Å². The number of rotatable bonds is 2. The summed E-state index contributed by atoms with van der Waals surface area (Å²) in [5.74, 6) is -1.74. The highest BCUT2D eigenvalue weighted by molar-refractivity contribution is 8.16. The van der Waals surface area contributed by atoms with E-state index in [1.807, 2.05) is 6.66 Å². The van der Waals surface area contributed by atoms with Gasteiger partial charge in [-0.25, -0.2) is 0 Å². The van der Waals surface area contributed by atoms with Gasteiger partial charge in [0.05, 0.1) is 6.66 Å². The van der Waals surface area contributed by atoms with E-state index < -0.39 is 5.97 Å². The van der Waals surface area contributed by atoms with Crippen molar-refractivity contribution in [3.8, 4) is 0 Å². The lowest BCUT2D eigenvalue weighted by Gasteiger charge is -2.07. The van der Waals surface area contributed by atoms with E-state index in [9.17, 15) is 0 Å². The zero-order chi connectivity index (χ0) is 10.1. The highest BCUT2D eigenvalue weighted by atomic mass is 35.9. The summed E-state index contributed by atoms with van der Waals surface area (Å²) in [6, 6.07) is 6.39. The van der Waals surface area contributed by atoms with Crippen molar-refractivity contribution in [2.45, 2.75) is 20.0 Å². The van der Waals surface area contributed by atoms with Crippen LogP contribution in [0.25, 0.3) is 0 Å². The molecule has 0 fully saturated rings. The average molecular weight is 236 g/mol. The molecule has 0 bridgehead atoms. The van der Waals surface area contributed by atoms with Crippen molar-refractivity contribution in [3.63, 3.8) is 0 Å². The van der Waals surface area contributed by atoms with E-state index in [0.717, 1.165) is 6.16 Å². The lowest BCUT2D eigenvalue weighted by Crippen LogP contribution is -1.89. The Bertz CT molecular complexity index is 302. The summed E-state index contributed by atoms with van der Waals surface area (Å²) < 4.78 is 0. The van der Waals surface area contributed by atoms with Gasteiger partial charge in [-0.15, -0.1) is 0 Å². The lowest BCUT2D eigenvalue weighted by atomic mass is 10.1. The summed E-state index contributed by atoms with van der Waals surface area (Å²) in [5, 5.41) is 0. The Morgan fingerprint density at radius 2 is 1.85 bits per heavy atom. The molecule has 3 heteroatoms. The van der Waals surface area contributed by atoms with Crippen LogP contribution in [0.2, 0.25) is 0 Å². The lowest BCUT2D eigenvalue weighted by molar-refractivity contribution is 1.27. The van der Waals surface area contributed by atoms with E-state index in [2.05, 4.69) is 32.0 Å². The SMILES string of the molecule is Cc1ccc(C[P+](C)(Cl)Cl)c(C)c1. The fourth-order valence-corrected chi connectivity index (χ4v) is 3.05. The summed E-state index contributed by atoms with van der Waals surface area (Å²) in [4.78, 5) is 0. The normalized spacial score (nSPS) is 11.8. The van der Waals surface area contributed by atoms with Gasteiger partial charge in [-0.3, -0.25) is 0 Å². The first-order valence-corrected chi connectivity index (χ1v) is 8.42. The maximum absolute atomic E-state index is 6.06. The molecule has 0 aliphatic carbocycles. The van der Waals surface area contributed by atoms with Gasteiger partial charge in [-0.2, -0.15) is 0 Å². The first-order valence-electron chi connectivity index (χ1n) is 4.19. The molecular weight excluding hydrogens is 222 g/mol. The number of hydrogen-bond acceptors (Lipinski definition) is 0. The molecule has 1 aromatic rings. The zero-order valence-corrected chi connectivity index (χ0v) is 10.5. The molecule has 0 aliphatic heterocycles. The third-order valence-electron chi connectivity index (χ3n) is 1.95. The van der Waals surface area contributed by atoms with Crippen molar-refractivity contribution in [2.24, 2.45) is 0 Å². The van der Waals surface area contributed by atoms with E-state index in [4.69, 9.17) is 22.5 Å². The highest BCUT2D eigenvalue weighted by Crippen LogP contribution is 2.68. The van der Waals surface area contributed by atoms with Gasteiger partial charge in [0, 0.05) is 0 Å². The minimum absolute atomic E-state index is 0.808. The summed E-state index contributed by atoms with van der Waals surface area (Å²) in [5.41, 5.74) is 3.84.